The van der Waals surface area contributed by atoms with Crippen LogP contribution >= 0.6 is 0 Å². The third-order valence-electron chi connectivity index (χ3n) is 5.50. The number of fused-ring (bicyclic) bond motifs is 1. The van der Waals surface area contributed by atoms with Crippen LogP contribution in [0.15, 0.2) is 6.07 Å². The fourth-order valence-corrected chi connectivity index (χ4v) is 3.24. The summed E-state index contributed by atoms with van der Waals surface area (Å²) in [4.78, 5) is 14.6. The summed E-state index contributed by atoms with van der Waals surface area (Å²) in [5.41, 5.74) is 7.61. The normalized spacial score (nSPS) is 18.9. The van der Waals surface area contributed by atoms with Crippen LogP contribution in [0.25, 0.3) is 10.9 Å². The Bertz CT molecular complexity index is 857. The van der Waals surface area contributed by atoms with Gasteiger partial charge in [-0.15, -0.1) is 0 Å². The maximum atomic E-state index is 15.0. The van der Waals surface area contributed by atoms with Gasteiger partial charge in [0.1, 0.15) is 5.82 Å². The van der Waals surface area contributed by atoms with Gasteiger partial charge in [-0.25, -0.2) is 4.39 Å². The third-order valence-corrected chi connectivity index (χ3v) is 5.50. The number of carbonyl (C=O) groups is 1. The second-order valence-electron chi connectivity index (χ2n) is 7.79. The Labute approximate surface area is 147 Å². The molecule has 0 aliphatic carbocycles. The molecule has 0 radical (unpaired) electrons. The fraction of sp³-hybridized carbons (Fsp3) is 0.500. The molecule has 2 heterocycles. The zero-order chi connectivity index (χ0) is 18.7. The average Bonchev–Trinajstić information content (AvgIpc) is 2.85. The molecule has 5 nitrogen and oxygen atoms in total. The molecule has 2 aromatic rings. The minimum absolute atomic E-state index is 0.0313. The zero-order valence-electron chi connectivity index (χ0n) is 15.5. The van der Waals surface area contributed by atoms with Crippen LogP contribution in [0.5, 0.6) is 0 Å². The zero-order valence-corrected chi connectivity index (χ0v) is 15.5. The number of hydrogen-bond donors (Lipinski definition) is 2. The Morgan fingerprint density at radius 2 is 1.80 bits per heavy atom. The van der Waals surface area contributed by atoms with Crippen molar-refractivity contribution in [3.05, 3.63) is 28.7 Å². The lowest BCUT2D eigenvalue weighted by Crippen LogP contribution is -2.41. The number of halogens is 1. The molecule has 1 fully saturated rings. The second kappa shape index (κ2) is 5.57. The van der Waals surface area contributed by atoms with Gasteiger partial charge >= 0.3 is 7.12 Å². The van der Waals surface area contributed by atoms with Crippen LogP contribution in [0.4, 0.5) is 4.39 Å². The van der Waals surface area contributed by atoms with Crippen LogP contribution in [0, 0.1) is 19.7 Å². The van der Waals surface area contributed by atoms with Gasteiger partial charge in [0.05, 0.1) is 17.6 Å². The minimum Gasteiger partial charge on any atom is -0.399 e. The molecule has 1 saturated heterocycles. The topological polar surface area (TPSA) is 77.3 Å². The number of aromatic nitrogens is 1. The summed E-state index contributed by atoms with van der Waals surface area (Å²) < 4.78 is 27.2. The highest BCUT2D eigenvalue weighted by atomic mass is 19.1. The summed E-state index contributed by atoms with van der Waals surface area (Å²) in [6.07, 6.45) is -0.0313. The van der Waals surface area contributed by atoms with E-state index in [1.54, 1.807) is 0 Å². The van der Waals surface area contributed by atoms with E-state index >= 15 is 4.39 Å². The van der Waals surface area contributed by atoms with E-state index < -0.39 is 30.0 Å². The predicted molar refractivity (Wildman–Crippen MR) is 96.3 cm³/mol. The van der Waals surface area contributed by atoms with Crippen molar-refractivity contribution in [3.8, 4) is 0 Å². The van der Waals surface area contributed by atoms with Gasteiger partial charge in [-0.05, 0) is 58.7 Å². The number of H-pyrrole nitrogens is 1. The van der Waals surface area contributed by atoms with E-state index in [2.05, 4.69) is 4.98 Å². The van der Waals surface area contributed by atoms with Crippen LogP contribution in [-0.4, -0.2) is 29.2 Å². The molecule has 1 aliphatic rings. The van der Waals surface area contributed by atoms with E-state index in [-0.39, 0.29) is 6.42 Å². The number of carbonyl (C=O) groups excluding carboxylic acids is 1. The fourth-order valence-electron chi connectivity index (χ4n) is 3.24. The summed E-state index contributed by atoms with van der Waals surface area (Å²) in [6, 6.07) is 1.35. The number of aromatic amines is 1. The maximum Gasteiger partial charge on any atom is 0.498 e. The summed E-state index contributed by atoms with van der Waals surface area (Å²) in [5, 5.41) is 0.701. The summed E-state index contributed by atoms with van der Waals surface area (Å²) in [7, 11) is -0.816. The Balaban J connectivity index is 2.23. The quantitative estimate of drug-likeness (QED) is 0.837. The third kappa shape index (κ3) is 2.75. The molecule has 25 heavy (non-hydrogen) atoms. The number of benzene rings is 1. The highest BCUT2D eigenvalue weighted by molar-refractivity contribution is 6.65. The van der Waals surface area contributed by atoms with Gasteiger partial charge in [0, 0.05) is 22.1 Å². The summed E-state index contributed by atoms with van der Waals surface area (Å²) in [5.74, 6) is -0.960. The van der Waals surface area contributed by atoms with E-state index in [0.717, 1.165) is 11.3 Å². The van der Waals surface area contributed by atoms with Crippen molar-refractivity contribution in [1.82, 2.24) is 4.98 Å². The van der Waals surface area contributed by atoms with Crippen LogP contribution in [0.3, 0.4) is 0 Å². The first kappa shape index (κ1) is 18.0. The lowest BCUT2D eigenvalue weighted by atomic mass is 9.75. The van der Waals surface area contributed by atoms with Crippen LogP contribution < -0.4 is 11.2 Å². The molecule has 1 amide bonds. The first-order valence-electron chi connectivity index (χ1n) is 8.38. The SMILES string of the molecule is Cc1[nH]c2c(CC(N)=O)cc(F)c(B3OC(C)(C)C(C)(C)O3)c2c1C. The van der Waals surface area contributed by atoms with Crippen LogP contribution in [-0.2, 0) is 20.5 Å². The molecule has 3 N–H and O–H groups in total. The van der Waals surface area contributed by atoms with Crippen molar-refractivity contribution in [3.63, 3.8) is 0 Å². The van der Waals surface area contributed by atoms with E-state index in [1.807, 2.05) is 41.5 Å². The van der Waals surface area contributed by atoms with Crippen molar-refractivity contribution in [2.75, 3.05) is 0 Å². The highest BCUT2D eigenvalue weighted by Crippen LogP contribution is 2.38. The largest absolute Gasteiger partial charge is 0.498 e. The first-order valence-corrected chi connectivity index (χ1v) is 8.38. The highest BCUT2D eigenvalue weighted by Gasteiger charge is 2.53. The van der Waals surface area contributed by atoms with Gasteiger partial charge in [0.2, 0.25) is 5.91 Å². The molecule has 0 spiro atoms. The van der Waals surface area contributed by atoms with Gasteiger partial charge in [-0.2, -0.15) is 0 Å². The van der Waals surface area contributed by atoms with Gasteiger partial charge in [-0.3, -0.25) is 4.79 Å². The van der Waals surface area contributed by atoms with Crippen LogP contribution in [0.1, 0.15) is 44.5 Å². The van der Waals surface area contributed by atoms with Crippen molar-refractivity contribution in [1.29, 1.82) is 0 Å². The monoisotopic (exact) mass is 346 g/mol. The second-order valence-corrected chi connectivity index (χ2v) is 7.79. The molecule has 0 bridgehead atoms. The van der Waals surface area contributed by atoms with E-state index in [1.165, 1.54) is 6.07 Å². The number of primary amides is 1. The molecular weight excluding hydrogens is 322 g/mol. The first-order chi connectivity index (χ1) is 11.4. The summed E-state index contributed by atoms with van der Waals surface area (Å²) >= 11 is 0. The summed E-state index contributed by atoms with van der Waals surface area (Å²) in [6.45, 7) is 11.5. The Kier molecular flexibility index (Phi) is 4.00. The van der Waals surface area contributed by atoms with Gasteiger partial charge in [0.25, 0.3) is 0 Å². The molecule has 1 aromatic heterocycles. The number of aryl methyl sites for hydroxylation is 2. The smallest absolute Gasteiger partial charge is 0.399 e. The van der Waals surface area contributed by atoms with Gasteiger partial charge in [-0.1, -0.05) is 0 Å². The van der Waals surface area contributed by atoms with Crippen molar-refractivity contribution in [2.24, 2.45) is 5.73 Å². The molecule has 3 rings (SSSR count). The molecule has 0 saturated carbocycles. The number of amides is 1. The molecular formula is C18H24BFN2O3. The average molecular weight is 346 g/mol. The predicted octanol–water partition coefficient (Wildman–Crippen LogP) is 2.25. The maximum absolute atomic E-state index is 15.0. The lowest BCUT2D eigenvalue weighted by Gasteiger charge is -2.32. The van der Waals surface area contributed by atoms with Gasteiger partial charge in [0.15, 0.2) is 0 Å². The van der Waals surface area contributed by atoms with Crippen LogP contribution in [0.2, 0.25) is 0 Å². The number of nitrogens with one attached hydrogen (secondary N) is 1. The molecule has 134 valence electrons. The lowest BCUT2D eigenvalue weighted by molar-refractivity contribution is -0.117. The molecule has 0 unspecified atom stereocenters. The van der Waals surface area contributed by atoms with Gasteiger partial charge < -0.3 is 20.0 Å². The van der Waals surface area contributed by atoms with Crippen molar-refractivity contribution < 1.29 is 18.5 Å². The number of rotatable bonds is 3. The number of nitrogens with two attached hydrogens (primary N) is 1. The standard InChI is InChI=1S/C18H24BFN2O3/c1-9-10(2)22-16-11(8-13(21)23)7-12(20)15(14(9)16)19-24-17(3,4)18(5,6)25-19/h7,22H,8H2,1-6H3,(H2,21,23). The Hall–Kier alpha value is -1.86. The Morgan fingerprint density at radius 3 is 2.32 bits per heavy atom. The molecule has 1 aliphatic heterocycles. The van der Waals surface area contributed by atoms with E-state index in [4.69, 9.17) is 15.0 Å². The van der Waals surface area contributed by atoms with Crippen molar-refractivity contribution >= 4 is 29.4 Å². The van der Waals surface area contributed by atoms with E-state index in [0.29, 0.717) is 21.9 Å². The molecule has 7 heteroatoms. The van der Waals surface area contributed by atoms with E-state index in [9.17, 15) is 4.79 Å². The minimum atomic E-state index is -0.816. The number of hydrogen-bond acceptors (Lipinski definition) is 3. The molecule has 1 aromatic carbocycles. The van der Waals surface area contributed by atoms with Crippen molar-refractivity contribution in [2.45, 2.75) is 59.2 Å². The Morgan fingerprint density at radius 1 is 1.24 bits per heavy atom. The molecule has 0 atom stereocenters.